The molecule has 0 unspecified atom stereocenters. The lowest BCUT2D eigenvalue weighted by molar-refractivity contribution is -0.140. The number of sulfonamides is 1. The van der Waals surface area contributed by atoms with Gasteiger partial charge in [0.1, 0.15) is 12.6 Å². The summed E-state index contributed by atoms with van der Waals surface area (Å²) >= 11 is 9.98. The molecule has 7 nitrogen and oxygen atoms in total. The molecule has 1 aliphatic rings. The molecule has 1 saturated carbocycles. The minimum absolute atomic E-state index is 0.0215. The predicted molar refractivity (Wildman–Crippen MR) is 181 cm³/mol. The number of nitrogens with zero attached hydrogens (tertiary/aromatic N) is 2. The molecular weight excluding hydrogens is 674 g/mol. The Labute approximate surface area is 278 Å². The van der Waals surface area contributed by atoms with Crippen molar-refractivity contribution in [1.29, 1.82) is 0 Å². The van der Waals surface area contributed by atoms with E-state index in [1.165, 1.54) is 17.0 Å². The summed E-state index contributed by atoms with van der Waals surface area (Å²) in [6, 6.07) is 30.6. The van der Waals surface area contributed by atoms with Gasteiger partial charge in [-0.15, -0.1) is 0 Å². The maximum atomic E-state index is 14.5. The third-order valence-electron chi connectivity index (χ3n) is 8.00. The van der Waals surface area contributed by atoms with Crippen molar-refractivity contribution in [2.24, 2.45) is 0 Å². The summed E-state index contributed by atoms with van der Waals surface area (Å²) in [7, 11) is -4.16. The zero-order chi connectivity index (χ0) is 31.8. The van der Waals surface area contributed by atoms with Gasteiger partial charge in [0.2, 0.25) is 11.8 Å². The number of rotatable bonds is 12. The zero-order valence-electron chi connectivity index (χ0n) is 24.7. The lowest BCUT2D eigenvalue weighted by Gasteiger charge is -2.34. The molecule has 1 aliphatic carbocycles. The number of carbonyl (C=O) groups excluding carboxylic acids is 2. The summed E-state index contributed by atoms with van der Waals surface area (Å²) in [4.78, 5) is 30.1. The van der Waals surface area contributed by atoms with Crippen molar-refractivity contribution in [1.82, 2.24) is 10.2 Å². The van der Waals surface area contributed by atoms with E-state index >= 15 is 0 Å². The van der Waals surface area contributed by atoms with Gasteiger partial charge >= 0.3 is 0 Å². The Kier molecular flexibility index (Phi) is 11.0. The number of carbonyl (C=O) groups is 2. The Balaban J connectivity index is 1.56. The molecule has 45 heavy (non-hydrogen) atoms. The summed E-state index contributed by atoms with van der Waals surface area (Å²) in [6.45, 7) is -0.501. The van der Waals surface area contributed by atoms with Crippen LogP contribution in [0.25, 0.3) is 0 Å². The number of hydrogen-bond donors (Lipinski definition) is 1. The zero-order valence-corrected chi connectivity index (χ0v) is 27.8. The molecule has 0 bridgehead atoms. The maximum Gasteiger partial charge on any atom is 0.264 e. The first-order valence-electron chi connectivity index (χ1n) is 14.9. The highest BCUT2D eigenvalue weighted by atomic mass is 79.9. The molecule has 0 aliphatic heterocycles. The van der Waals surface area contributed by atoms with Gasteiger partial charge in [-0.1, -0.05) is 107 Å². The van der Waals surface area contributed by atoms with Crippen molar-refractivity contribution < 1.29 is 18.0 Å². The molecule has 0 radical (unpaired) electrons. The fraction of sp³-hybridized carbons (Fsp3) is 0.257. The normalized spacial score (nSPS) is 14.1. The van der Waals surface area contributed by atoms with E-state index in [2.05, 4.69) is 21.2 Å². The third kappa shape index (κ3) is 8.34. The van der Waals surface area contributed by atoms with Gasteiger partial charge < -0.3 is 10.2 Å². The highest BCUT2D eigenvalue weighted by molar-refractivity contribution is 9.10. The van der Waals surface area contributed by atoms with E-state index in [0.717, 1.165) is 40.0 Å². The quantitative estimate of drug-likeness (QED) is 0.172. The van der Waals surface area contributed by atoms with Crippen LogP contribution in [0.1, 0.15) is 36.8 Å². The summed E-state index contributed by atoms with van der Waals surface area (Å²) < 4.78 is 30.0. The molecule has 0 spiro atoms. The fourth-order valence-corrected chi connectivity index (χ4v) is 7.48. The van der Waals surface area contributed by atoms with Crippen LogP contribution in [0.3, 0.4) is 0 Å². The average Bonchev–Trinajstić information content (AvgIpc) is 3.56. The molecule has 0 aromatic heterocycles. The molecule has 0 heterocycles. The largest absolute Gasteiger partial charge is 0.352 e. The van der Waals surface area contributed by atoms with Crippen molar-refractivity contribution in [2.45, 2.75) is 55.6 Å². The van der Waals surface area contributed by atoms with Crippen molar-refractivity contribution in [3.05, 3.63) is 130 Å². The van der Waals surface area contributed by atoms with Gasteiger partial charge in [-0.25, -0.2) is 8.42 Å². The molecule has 1 fully saturated rings. The Hall–Kier alpha value is -3.66. The van der Waals surface area contributed by atoms with Crippen LogP contribution in [0.4, 0.5) is 5.69 Å². The first-order chi connectivity index (χ1) is 21.7. The predicted octanol–water partition coefficient (Wildman–Crippen LogP) is 7.00. The van der Waals surface area contributed by atoms with Crippen LogP contribution in [0, 0.1) is 0 Å². The SMILES string of the molecule is O=C(NC1CCCC1)[C@H](Cc1ccccc1)N(Cc1ccccc1Cl)C(=O)CN(c1ccc(Br)cc1)S(=O)(=O)c1ccccc1. The van der Waals surface area contributed by atoms with Crippen molar-refractivity contribution in [3.63, 3.8) is 0 Å². The minimum Gasteiger partial charge on any atom is -0.352 e. The molecule has 1 atom stereocenters. The molecule has 1 N–H and O–H groups in total. The van der Waals surface area contributed by atoms with E-state index in [1.807, 2.05) is 42.5 Å². The van der Waals surface area contributed by atoms with Crippen LogP contribution in [0.15, 0.2) is 119 Å². The van der Waals surface area contributed by atoms with Crippen LogP contribution in [-0.4, -0.2) is 43.8 Å². The van der Waals surface area contributed by atoms with Gasteiger partial charge in [-0.05, 0) is 66.4 Å². The topological polar surface area (TPSA) is 86.8 Å². The summed E-state index contributed by atoms with van der Waals surface area (Å²) in [5.74, 6) is -0.799. The summed E-state index contributed by atoms with van der Waals surface area (Å²) in [5, 5.41) is 3.63. The van der Waals surface area contributed by atoms with Gasteiger partial charge in [0, 0.05) is 28.5 Å². The van der Waals surface area contributed by atoms with Crippen molar-refractivity contribution >= 4 is 55.1 Å². The average molecular weight is 709 g/mol. The first-order valence-corrected chi connectivity index (χ1v) is 17.5. The van der Waals surface area contributed by atoms with E-state index in [9.17, 15) is 18.0 Å². The van der Waals surface area contributed by atoms with Crippen LogP contribution >= 0.6 is 27.5 Å². The molecule has 5 rings (SSSR count). The van der Waals surface area contributed by atoms with E-state index < -0.39 is 28.5 Å². The highest BCUT2D eigenvalue weighted by Crippen LogP contribution is 2.27. The summed E-state index contributed by atoms with van der Waals surface area (Å²) in [5.41, 5.74) is 1.85. The van der Waals surface area contributed by atoms with Crippen LogP contribution in [-0.2, 0) is 32.6 Å². The number of hydrogen-bond acceptors (Lipinski definition) is 4. The molecule has 2 amide bonds. The molecule has 4 aromatic carbocycles. The van der Waals surface area contributed by atoms with Crippen LogP contribution in [0.5, 0.6) is 0 Å². The second-order valence-electron chi connectivity index (χ2n) is 11.1. The van der Waals surface area contributed by atoms with Gasteiger partial charge in [0.25, 0.3) is 10.0 Å². The number of benzene rings is 4. The van der Waals surface area contributed by atoms with Gasteiger partial charge in [-0.2, -0.15) is 0 Å². The van der Waals surface area contributed by atoms with E-state index in [0.29, 0.717) is 16.3 Å². The number of halogens is 2. The molecule has 4 aromatic rings. The summed E-state index contributed by atoms with van der Waals surface area (Å²) in [6.07, 6.45) is 4.09. The molecule has 10 heteroatoms. The number of amides is 2. The Morgan fingerprint density at radius 3 is 2.09 bits per heavy atom. The van der Waals surface area contributed by atoms with E-state index in [-0.39, 0.29) is 29.8 Å². The van der Waals surface area contributed by atoms with E-state index in [4.69, 9.17) is 11.6 Å². The highest BCUT2D eigenvalue weighted by Gasteiger charge is 2.35. The minimum atomic E-state index is -4.16. The third-order valence-corrected chi connectivity index (χ3v) is 10.7. The van der Waals surface area contributed by atoms with Crippen LogP contribution < -0.4 is 9.62 Å². The van der Waals surface area contributed by atoms with Gasteiger partial charge in [0.05, 0.1) is 10.6 Å². The monoisotopic (exact) mass is 707 g/mol. The maximum absolute atomic E-state index is 14.5. The lowest BCUT2D eigenvalue weighted by atomic mass is 10.0. The number of nitrogens with one attached hydrogen (secondary N) is 1. The lowest BCUT2D eigenvalue weighted by Crippen LogP contribution is -2.54. The second-order valence-corrected chi connectivity index (χ2v) is 14.3. The Morgan fingerprint density at radius 2 is 1.44 bits per heavy atom. The Bertz CT molecular complexity index is 1700. The number of anilines is 1. The van der Waals surface area contributed by atoms with E-state index in [1.54, 1.807) is 54.6 Å². The van der Waals surface area contributed by atoms with Gasteiger partial charge in [-0.3, -0.25) is 13.9 Å². The molecular formula is C35H35BrClN3O4S. The van der Waals surface area contributed by atoms with Crippen molar-refractivity contribution in [2.75, 3.05) is 10.8 Å². The fourth-order valence-electron chi connectivity index (χ4n) is 5.59. The standard InChI is InChI=1S/C35H35BrClN3O4S/c36-28-19-21-30(22-20-28)40(45(43,44)31-16-5-2-6-17-31)25-34(41)39(24-27-13-7-10-18-32(27)37)33(23-26-11-3-1-4-12-26)35(42)38-29-14-8-9-15-29/h1-7,10-13,16-22,29,33H,8-9,14-15,23-25H2,(H,38,42)/t33-/m0/s1. The van der Waals surface area contributed by atoms with Crippen molar-refractivity contribution in [3.8, 4) is 0 Å². The smallest absolute Gasteiger partial charge is 0.264 e. The molecule has 0 saturated heterocycles. The van der Waals surface area contributed by atoms with Gasteiger partial charge in [0.15, 0.2) is 0 Å². The second kappa shape index (κ2) is 15.1. The Morgan fingerprint density at radius 1 is 0.844 bits per heavy atom. The molecule has 234 valence electrons. The first kappa shape index (κ1) is 32.7. The van der Waals surface area contributed by atoms with Crippen LogP contribution in [0.2, 0.25) is 5.02 Å².